The number of hydrogen-bond acceptors (Lipinski definition) is 5. The molecule has 3 rings (SSSR count). The van der Waals surface area contributed by atoms with Gasteiger partial charge in [0.15, 0.2) is 5.69 Å². The number of carbonyl (C=O) groups excluding carboxylic acids is 1. The van der Waals surface area contributed by atoms with Gasteiger partial charge in [-0.1, -0.05) is 0 Å². The number of piperidine rings is 1. The fourth-order valence-electron chi connectivity index (χ4n) is 2.83. The Balaban J connectivity index is 0.00000192. The molecule has 1 aliphatic heterocycles. The molecule has 1 fully saturated rings. The van der Waals surface area contributed by atoms with Crippen LogP contribution >= 0.6 is 12.4 Å². The zero-order chi connectivity index (χ0) is 15.7. The van der Waals surface area contributed by atoms with E-state index >= 15 is 0 Å². The predicted molar refractivity (Wildman–Crippen MR) is 88.0 cm³/mol. The van der Waals surface area contributed by atoms with Crippen molar-refractivity contribution in [3.05, 3.63) is 34.0 Å². The number of likely N-dealkylation sites (tertiary alicyclic amines) is 1. The van der Waals surface area contributed by atoms with E-state index in [1.54, 1.807) is 11.0 Å². The lowest BCUT2D eigenvalue weighted by molar-refractivity contribution is -0.384. The minimum atomic E-state index is -0.474. The van der Waals surface area contributed by atoms with Gasteiger partial charge in [0.05, 0.1) is 10.4 Å². The van der Waals surface area contributed by atoms with Crippen molar-refractivity contribution in [2.45, 2.75) is 18.9 Å². The van der Waals surface area contributed by atoms with Gasteiger partial charge >= 0.3 is 0 Å². The minimum absolute atomic E-state index is 0. The van der Waals surface area contributed by atoms with Crippen LogP contribution in [-0.4, -0.2) is 52.1 Å². The molecule has 1 unspecified atom stereocenters. The van der Waals surface area contributed by atoms with Crippen LogP contribution in [0.5, 0.6) is 0 Å². The summed E-state index contributed by atoms with van der Waals surface area (Å²) >= 11 is 0. The molecule has 23 heavy (non-hydrogen) atoms. The number of nitrogens with zero attached hydrogens (tertiary/aromatic N) is 3. The number of non-ortho nitro benzene ring substituents is 1. The second-order valence-corrected chi connectivity index (χ2v) is 5.44. The van der Waals surface area contributed by atoms with Gasteiger partial charge in [0.1, 0.15) is 0 Å². The number of aromatic amines is 1. The monoisotopic (exact) mass is 339 g/mol. The standard InChI is InChI=1S/C14H17N5O3.ClH/c1-15-9-3-2-6-18(8-9)14(20)13-11-7-10(19(21)22)4-5-12(11)16-17-13;/h4-5,7,9,15H,2-3,6,8H2,1H3,(H,16,17);1H. The Morgan fingerprint density at radius 1 is 1.52 bits per heavy atom. The second kappa shape index (κ2) is 6.93. The number of nitro benzene ring substituents is 1. The first-order chi connectivity index (χ1) is 10.6. The molecule has 2 N–H and O–H groups in total. The average molecular weight is 340 g/mol. The van der Waals surface area contributed by atoms with Crippen molar-refractivity contribution in [2.75, 3.05) is 20.1 Å². The number of carbonyl (C=O) groups is 1. The summed E-state index contributed by atoms with van der Waals surface area (Å²) in [5.41, 5.74) is 0.821. The highest BCUT2D eigenvalue weighted by molar-refractivity contribution is 6.05. The van der Waals surface area contributed by atoms with Crippen LogP contribution in [0.3, 0.4) is 0 Å². The first-order valence-corrected chi connectivity index (χ1v) is 7.19. The molecular formula is C14H18ClN5O3. The van der Waals surface area contributed by atoms with Crippen molar-refractivity contribution in [1.82, 2.24) is 20.4 Å². The molecule has 2 aromatic rings. The van der Waals surface area contributed by atoms with E-state index in [1.165, 1.54) is 12.1 Å². The summed E-state index contributed by atoms with van der Waals surface area (Å²) in [6.07, 6.45) is 1.97. The van der Waals surface area contributed by atoms with Crippen LogP contribution in [-0.2, 0) is 0 Å². The largest absolute Gasteiger partial charge is 0.336 e. The van der Waals surface area contributed by atoms with E-state index in [0.29, 0.717) is 24.0 Å². The number of H-pyrrole nitrogens is 1. The van der Waals surface area contributed by atoms with Crippen LogP contribution in [0.15, 0.2) is 18.2 Å². The number of hydrogen-bond donors (Lipinski definition) is 2. The number of benzene rings is 1. The SMILES string of the molecule is CNC1CCCN(C(=O)c2n[nH]c3ccc([N+](=O)[O-])cc23)C1.Cl. The lowest BCUT2D eigenvalue weighted by Crippen LogP contribution is -2.47. The zero-order valence-corrected chi connectivity index (χ0v) is 13.4. The van der Waals surface area contributed by atoms with Crippen LogP contribution in [0.25, 0.3) is 10.9 Å². The van der Waals surface area contributed by atoms with E-state index in [1.807, 2.05) is 7.05 Å². The summed E-state index contributed by atoms with van der Waals surface area (Å²) in [7, 11) is 1.88. The first kappa shape index (κ1) is 17.2. The molecule has 1 aliphatic rings. The normalized spacial score (nSPS) is 17.8. The highest BCUT2D eigenvalue weighted by Crippen LogP contribution is 2.24. The molecule has 1 aromatic heterocycles. The van der Waals surface area contributed by atoms with Crippen molar-refractivity contribution in [3.63, 3.8) is 0 Å². The lowest BCUT2D eigenvalue weighted by Gasteiger charge is -2.32. The Morgan fingerprint density at radius 2 is 2.30 bits per heavy atom. The third-order valence-corrected chi connectivity index (χ3v) is 4.08. The van der Waals surface area contributed by atoms with E-state index in [4.69, 9.17) is 0 Å². The van der Waals surface area contributed by atoms with Crippen LogP contribution < -0.4 is 5.32 Å². The van der Waals surface area contributed by atoms with Gasteiger partial charge in [-0.25, -0.2) is 0 Å². The molecule has 0 aliphatic carbocycles. The fourth-order valence-corrected chi connectivity index (χ4v) is 2.83. The summed E-state index contributed by atoms with van der Waals surface area (Å²) in [4.78, 5) is 24.8. The van der Waals surface area contributed by atoms with E-state index < -0.39 is 4.92 Å². The Kier molecular flexibility index (Phi) is 5.17. The molecule has 0 radical (unpaired) electrons. The molecule has 0 saturated carbocycles. The third kappa shape index (κ3) is 3.27. The van der Waals surface area contributed by atoms with Crippen LogP contribution in [0, 0.1) is 10.1 Å². The van der Waals surface area contributed by atoms with Crippen LogP contribution in [0.1, 0.15) is 23.3 Å². The van der Waals surface area contributed by atoms with Gasteiger partial charge in [0.2, 0.25) is 0 Å². The number of rotatable bonds is 3. The number of aromatic nitrogens is 2. The van der Waals surface area contributed by atoms with Gasteiger partial charge in [-0.3, -0.25) is 20.0 Å². The molecule has 1 saturated heterocycles. The molecule has 1 amide bonds. The van der Waals surface area contributed by atoms with Gasteiger partial charge in [-0.2, -0.15) is 5.10 Å². The predicted octanol–water partition coefficient (Wildman–Crippen LogP) is 1.72. The van der Waals surface area contributed by atoms with Crippen molar-refractivity contribution >= 4 is 34.9 Å². The Hall–Kier alpha value is -2.19. The number of nitro groups is 1. The number of amides is 1. The molecule has 0 spiro atoms. The lowest BCUT2D eigenvalue weighted by atomic mass is 10.1. The number of nitrogens with one attached hydrogen (secondary N) is 2. The summed E-state index contributed by atoms with van der Waals surface area (Å²) in [5, 5.41) is 21.4. The molecule has 1 atom stereocenters. The molecule has 9 heteroatoms. The van der Waals surface area contributed by atoms with Crippen LogP contribution in [0.4, 0.5) is 5.69 Å². The van der Waals surface area contributed by atoms with Crippen molar-refractivity contribution in [1.29, 1.82) is 0 Å². The number of likely N-dealkylation sites (N-methyl/N-ethyl adjacent to an activating group) is 1. The maximum Gasteiger partial charge on any atom is 0.275 e. The van der Waals surface area contributed by atoms with Gasteiger partial charge in [0.25, 0.3) is 11.6 Å². The van der Waals surface area contributed by atoms with E-state index in [0.717, 1.165) is 12.8 Å². The second-order valence-electron chi connectivity index (χ2n) is 5.44. The highest BCUT2D eigenvalue weighted by Gasteiger charge is 2.26. The van der Waals surface area contributed by atoms with Crippen LogP contribution in [0.2, 0.25) is 0 Å². The van der Waals surface area contributed by atoms with Crippen molar-refractivity contribution in [3.8, 4) is 0 Å². The zero-order valence-electron chi connectivity index (χ0n) is 12.6. The minimum Gasteiger partial charge on any atom is -0.336 e. The van der Waals surface area contributed by atoms with Gasteiger partial charge in [-0.15, -0.1) is 12.4 Å². The van der Waals surface area contributed by atoms with Gasteiger partial charge in [-0.05, 0) is 26.0 Å². The highest BCUT2D eigenvalue weighted by atomic mass is 35.5. The molecule has 2 heterocycles. The van der Waals surface area contributed by atoms with E-state index in [9.17, 15) is 14.9 Å². The smallest absolute Gasteiger partial charge is 0.275 e. The molecule has 0 bridgehead atoms. The topological polar surface area (TPSA) is 104 Å². The maximum atomic E-state index is 12.7. The summed E-state index contributed by atoms with van der Waals surface area (Å²) in [6, 6.07) is 4.64. The molecule has 8 nitrogen and oxygen atoms in total. The van der Waals surface area contributed by atoms with Gasteiger partial charge < -0.3 is 10.2 Å². The average Bonchev–Trinajstić information content (AvgIpc) is 2.97. The van der Waals surface area contributed by atoms with Crippen molar-refractivity contribution < 1.29 is 9.72 Å². The van der Waals surface area contributed by atoms with E-state index in [2.05, 4.69) is 15.5 Å². The first-order valence-electron chi connectivity index (χ1n) is 7.19. The quantitative estimate of drug-likeness (QED) is 0.654. The Bertz CT molecular complexity index is 732. The number of fused-ring (bicyclic) bond motifs is 1. The maximum absolute atomic E-state index is 12.7. The number of halogens is 1. The summed E-state index contributed by atoms with van der Waals surface area (Å²) in [5.74, 6) is -0.188. The third-order valence-electron chi connectivity index (χ3n) is 4.08. The Morgan fingerprint density at radius 3 is 3.00 bits per heavy atom. The Labute approximate surface area is 138 Å². The fraction of sp³-hybridized carbons (Fsp3) is 0.429. The molecule has 124 valence electrons. The summed E-state index contributed by atoms with van der Waals surface area (Å²) in [6.45, 7) is 1.30. The summed E-state index contributed by atoms with van der Waals surface area (Å²) < 4.78 is 0. The van der Waals surface area contributed by atoms with Gasteiger partial charge in [0, 0.05) is 36.7 Å². The van der Waals surface area contributed by atoms with E-state index in [-0.39, 0.29) is 35.7 Å². The molecule has 1 aromatic carbocycles. The molecular weight excluding hydrogens is 322 g/mol. The van der Waals surface area contributed by atoms with Crippen molar-refractivity contribution in [2.24, 2.45) is 0 Å².